The zero-order chi connectivity index (χ0) is 23.2. The summed E-state index contributed by atoms with van der Waals surface area (Å²) >= 11 is 12.4. The van der Waals surface area contributed by atoms with Crippen LogP contribution in [0.15, 0.2) is 71.7 Å². The average Bonchev–Trinajstić information content (AvgIpc) is 3.61. The van der Waals surface area contributed by atoms with Gasteiger partial charge in [0.2, 0.25) is 0 Å². The van der Waals surface area contributed by atoms with Crippen molar-refractivity contribution in [2.75, 3.05) is 6.61 Å². The van der Waals surface area contributed by atoms with Crippen LogP contribution < -0.4 is 10.1 Å². The number of benzene rings is 3. The molecule has 0 aromatic heterocycles. The van der Waals surface area contributed by atoms with E-state index in [-0.39, 0.29) is 0 Å². The van der Waals surface area contributed by atoms with Crippen LogP contribution in [-0.4, -0.2) is 12.4 Å². The van der Waals surface area contributed by atoms with Crippen molar-refractivity contribution in [1.29, 1.82) is 0 Å². The summed E-state index contributed by atoms with van der Waals surface area (Å²) < 4.78 is 6.03. The Bertz CT molecular complexity index is 1200. The molecule has 0 saturated heterocycles. The maximum Gasteiger partial charge on any atom is 0.133 e. The average molecular weight is 479 g/mol. The SMILES string of the molecule is CCOc1ccc(C2CC2)cc1C1=N[C@@](C)(c2ccc(Cl)cc2)[C@@](C)(c2ccc(Cl)cc2)N1. The molecule has 1 aliphatic carbocycles. The van der Waals surface area contributed by atoms with E-state index in [1.807, 2.05) is 31.2 Å². The van der Waals surface area contributed by atoms with Crippen molar-refractivity contribution >= 4 is 29.0 Å². The minimum absolute atomic E-state index is 0.514. The summed E-state index contributed by atoms with van der Waals surface area (Å²) in [6.07, 6.45) is 2.50. The van der Waals surface area contributed by atoms with E-state index in [0.717, 1.165) is 28.3 Å². The smallest absolute Gasteiger partial charge is 0.133 e. The number of amidine groups is 1. The van der Waals surface area contributed by atoms with Crippen LogP contribution in [0.4, 0.5) is 0 Å². The normalized spacial score (nSPS) is 24.3. The Hall–Kier alpha value is -2.49. The highest BCUT2D eigenvalue weighted by molar-refractivity contribution is 6.30. The third-order valence-electron chi connectivity index (χ3n) is 7.11. The van der Waals surface area contributed by atoms with Gasteiger partial charge in [-0.15, -0.1) is 0 Å². The molecule has 0 spiro atoms. The zero-order valence-electron chi connectivity index (χ0n) is 19.2. The Labute approximate surface area is 205 Å². The van der Waals surface area contributed by atoms with Gasteiger partial charge in [0.15, 0.2) is 0 Å². The Balaban J connectivity index is 1.67. The number of nitrogens with one attached hydrogen (secondary N) is 1. The molecule has 2 atom stereocenters. The van der Waals surface area contributed by atoms with Crippen LogP contribution in [0, 0.1) is 0 Å². The van der Waals surface area contributed by atoms with E-state index >= 15 is 0 Å². The number of halogens is 2. The number of aliphatic imine (C=N–C) groups is 1. The highest BCUT2D eigenvalue weighted by Crippen LogP contribution is 2.49. The predicted octanol–water partition coefficient (Wildman–Crippen LogP) is 7.45. The molecule has 3 nitrogen and oxygen atoms in total. The summed E-state index contributed by atoms with van der Waals surface area (Å²) in [4.78, 5) is 5.36. The van der Waals surface area contributed by atoms with Gasteiger partial charge in [-0.3, -0.25) is 4.99 Å². The molecule has 3 aromatic rings. The van der Waals surface area contributed by atoms with E-state index in [1.165, 1.54) is 18.4 Å². The Morgan fingerprint density at radius 2 is 1.52 bits per heavy atom. The predicted molar refractivity (Wildman–Crippen MR) is 137 cm³/mol. The topological polar surface area (TPSA) is 33.6 Å². The van der Waals surface area contributed by atoms with Crippen LogP contribution in [0.1, 0.15) is 61.8 Å². The van der Waals surface area contributed by atoms with Crippen molar-refractivity contribution < 1.29 is 4.74 Å². The first-order valence-electron chi connectivity index (χ1n) is 11.5. The zero-order valence-corrected chi connectivity index (χ0v) is 20.7. The van der Waals surface area contributed by atoms with Crippen LogP contribution in [0.2, 0.25) is 10.0 Å². The van der Waals surface area contributed by atoms with E-state index in [4.69, 9.17) is 32.9 Å². The monoisotopic (exact) mass is 478 g/mol. The van der Waals surface area contributed by atoms with E-state index < -0.39 is 11.1 Å². The summed E-state index contributed by atoms with van der Waals surface area (Å²) in [5, 5.41) is 5.23. The van der Waals surface area contributed by atoms with Crippen molar-refractivity contribution in [3.63, 3.8) is 0 Å². The second-order valence-corrected chi connectivity index (χ2v) is 10.1. The standard InChI is InChI=1S/C28H28Cl2N2O/c1-4-33-25-16-7-19(18-5-6-18)17-24(25)26-31-27(2,20-8-12-22(29)13-9-20)28(3,32-26)21-10-14-23(30)15-11-21/h7-18H,4-6H2,1-3H3,(H,31,32)/t27-,28+. The van der Waals surface area contributed by atoms with E-state index in [0.29, 0.717) is 22.6 Å². The Morgan fingerprint density at radius 3 is 2.09 bits per heavy atom. The molecule has 5 rings (SSSR count). The molecule has 2 aliphatic rings. The summed E-state index contributed by atoms with van der Waals surface area (Å²) in [6.45, 7) is 6.99. The summed E-state index contributed by atoms with van der Waals surface area (Å²) in [5.74, 6) is 2.34. The van der Waals surface area contributed by atoms with Gasteiger partial charge < -0.3 is 10.1 Å². The third kappa shape index (κ3) is 3.92. The lowest BCUT2D eigenvalue weighted by Crippen LogP contribution is -2.50. The molecule has 5 heteroatoms. The molecular formula is C28H28Cl2N2O. The molecule has 33 heavy (non-hydrogen) atoms. The Morgan fingerprint density at radius 1 is 0.909 bits per heavy atom. The molecule has 0 radical (unpaired) electrons. The fourth-order valence-corrected chi connectivity index (χ4v) is 5.05. The van der Waals surface area contributed by atoms with Gasteiger partial charge in [-0.25, -0.2) is 0 Å². The molecule has 170 valence electrons. The van der Waals surface area contributed by atoms with Crippen molar-refractivity contribution in [3.05, 3.63) is 99.0 Å². The molecule has 1 heterocycles. The number of hydrogen-bond donors (Lipinski definition) is 1. The highest BCUT2D eigenvalue weighted by Gasteiger charge is 2.52. The molecule has 1 aliphatic heterocycles. The number of ether oxygens (including phenoxy) is 1. The molecule has 1 N–H and O–H groups in total. The van der Waals surface area contributed by atoms with Crippen LogP contribution >= 0.6 is 23.2 Å². The van der Waals surface area contributed by atoms with Gasteiger partial charge in [0.05, 0.1) is 17.7 Å². The van der Waals surface area contributed by atoms with E-state index in [1.54, 1.807) is 0 Å². The lowest BCUT2D eigenvalue weighted by Gasteiger charge is -2.40. The summed E-state index contributed by atoms with van der Waals surface area (Å²) in [7, 11) is 0. The van der Waals surface area contributed by atoms with E-state index in [2.05, 4.69) is 61.6 Å². The van der Waals surface area contributed by atoms with Crippen LogP contribution in [0.5, 0.6) is 5.75 Å². The van der Waals surface area contributed by atoms with Crippen LogP contribution in [0.25, 0.3) is 0 Å². The molecule has 1 fully saturated rings. The van der Waals surface area contributed by atoms with Gasteiger partial charge in [-0.1, -0.05) is 53.5 Å². The number of rotatable bonds is 6. The van der Waals surface area contributed by atoms with Gasteiger partial charge in [0, 0.05) is 10.0 Å². The first-order valence-corrected chi connectivity index (χ1v) is 12.3. The molecule has 0 bridgehead atoms. The van der Waals surface area contributed by atoms with Gasteiger partial charge in [0.25, 0.3) is 0 Å². The quantitative estimate of drug-likeness (QED) is 0.398. The summed E-state index contributed by atoms with van der Waals surface area (Å²) in [5.41, 5.74) is 3.47. The first kappa shape index (κ1) is 22.3. The van der Waals surface area contributed by atoms with Gasteiger partial charge >= 0.3 is 0 Å². The maximum absolute atomic E-state index is 6.22. The molecular weight excluding hydrogens is 451 g/mol. The first-order chi connectivity index (χ1) is 15.8. The fourth-order valence-electron chi connectivity index (χ4n) is 4.80. The van der Waals surface area contributed by atoms with Crippen molar-refractivity contribution in [2.24, 2.45) is 4.99 Å². The molecule has 1 saturated carbocycles. The molecule has 0 unspecified atom stereocenters. The molecule has 0 amide bonds. The third-order valence-corrected chi connectivity index (χ3v) is 7.62. The second-order valence-electron chi connectivity index (χ2n) is 9.26. The molecule has 3 aromatic carbocycles. The lowest BCUT2D eigenvalue weighted by molar-refractivity contribution is 0.268. The Kier molecular flexibility index (Phi) is 5.66. The number of hydrogen-bond acceptors (Lipinski definition) is 3. The van der Waals surface area contributed by atoms with Gasteiger partial charge in [0.1, 0.15) is 17.1 Å². The summed E-state index contributed by atoms with van der Waals surface area (Å²) in [6, 6.07) is 22.5. The minimum atomic E-state index is -0.584. The van der Waals surface area contributed by atoms with Gasteiger partial charge in [-0.05, 0) is 92.6 Å². The lowest BCUT2D eigenvalue weighted by atomic mass is 9.72. The highest BCUT2D eigenvalue weighted by atomic mass is 35.5. The number of nitrogens with zero attached hydrogens (tertiary/aromatic N) is 1. The largest absolute Gasteiger partial charge is 0.493 e. The van der Waals surface area contributed by atoms with E-state index in [9.17, 15) is 0 Å². The fraction of sp³-hybridized carbons (Fsp3) is 0.321. The van der Waals surface area contributed by atoms with Crippen LogP contribution in [-0.2, 0) is 11.1 Å². The van der Waals surface area contributed by atoms with Crippen LogP contribution in [0.3, 0.4) is 0 Å². The van der Waals surface area contributed by atoms with Gasteiger partial charge in [-0.2, -0.15) is 0 Å². The maximum atomic E-state index is 6.22. The van der Waals surface area contributed by atoms with Crippen molar-refractivity contribution in [1.82, 2.24) is 5.32 Å². The second kappa shape index (κ2) is 8.38. The van der Waals surface area contributed by atoms with Crippen molar-refractivity contribution in [3.8, 4) is 5.75 Å². The minimum Gasteiger partial charge on any atom is -0.493 e. The van der Waals surface area contributed by atoms with Crippen molar-refractivity contribution in [2.45, 2.75) is 50.6 Å².